The third kappa shape index (κ3) is 4.50. The van der Waals surface area contributed by atoms with E-state index in [-0.39, 0.29) is 11.8 Å². The minimum absolute atomic E-state index is 0.108. The van der Waals surface area contributed by atoms with Gasteiger partial charge in [-0.2, -0.15) is 0 Å². The molecule has 1 saturated heterocycles. The maximum absolute atomic E-state index is 11.8. The maximum Gasteiger partial charge on any atom is 0.161 e. The maximum atomic E-state index is 11.8. The Balaban J connectivity index is 2.04. The van der Waals surface area contributed by atoms with Gasteiger partial charge < -0.3 is 15.0 Å². The van der Waals surface area contributed by atoms with Gasteiger partial charge in [0.2, 0.25) is 0 Å². The highest BCUT2D eigenvalue weighted by Gasteiger charge is 2.22. The summed E-state index contributed by atoms with van der Waals surface area (Å²) in [4.78, 5) is 11.3. The summed E-state index contributed by atoms with van der Waals surface area (Å²) in [7, 11) is -1.33. The van der Waals surface area contributed by atoms with Crippen LogP contribution < -0.4 is 10.2 Å². The van der Waals surface area contributed by atoms with E-state index in [1.807, 2.05) is 31.3 Å². The SMILES string of the molecule is CNc1ccc(-c2nc(CS(C)(=O)=O)cc(N3CCOCC3C)n2)cc1. The summed E-state index contributed by atoms with van der Waals surface area (Å²) in [6.45, 7) is 4.03. The lowest BCUT2D eigenvalue weighted by Gasteiger charge is -2.34. The summed E-state index contributed by atoms with van der Waals surface area (Å²) in [6.07, 6.45) is 1.22. The second kappa shape index (κ2) is 7.59. The molecule has 140 valence electrons. The molecule has 1 fully saturated rings. The van der Waals surface area contributed by atoms with Crippen LogP contribution >= 0.6 is 0 Å². The van der Waals surface area contributed by atoms with Gasteiger partial charge in [0.25, 0.3) is 0 Å². The van der Waals surface area contributed by atoms with E-state index in [0.717, 1.165) is 17.1 Å². The lowest BCUT2D eigenvalue weighted by atomic mass is 10.2. The van der Waals surface area contributed by atoms with Crippen molar-refractivity contribution >= 4 is 21.3 Å². The van der Waals surface area contributed by atoms with E-state index >= 15 is 0 Å². The van der Waals surface area contributed by atoms with Crippen LogP contribution in [0.1, 0.15) is 12.6 Å². The second-order valence-corrected chi connectivity index (χ2v) is 8.70. The van der Waals surface area contributed by atoms with Gasteiger partial charge in [0.15, 0.2) is 15.7 Å². The van der Waals surface area contributed by atoms with Crippen molar-refractivity contribution in [3.63, 3.8) is 0 Å². The van der Waals surface area contributed by atoms with Crippen molar-refractivity contribution in [2.75, 3.05) is 43.3 Å². The molecule has 1 N–H and O–H groups in total. The molecule has 1 aliphatic rings. The summed E-state index contributed by atoms with van der Waals surface area (Å²) < 4.78 is 29.1. The van der Waals surface area contributed by atoms with Crippen molar-refractivity contribution in [1.29, 1.82) is 0 Å². The minimum atomic E-state index is -3.19. The Hall–Kier alpha value is -2.19. The molecule has 1 aromatic carbocycles. The topological polar surface area (TPSA) is 84.4 Å². The average Bonchev–Trinajstić information content (AvgIpc) is 2.60. The van der Waals surface area contributed by atoms with Crippen LogP contribution in [0.2, 0.25) is 0 Å². The summed E-state index contributed by atoms with van der Waals surface area (Å²) in [5, 5.41) is 3.07. The predicted molar refractivity (Wildman–Crippen MR) is 103 cm³/mol. The van der Waals surface area contributed by atoms with E-state index in [4.69, 9.17) is 9.72 Å². The standard InChI is InChI=1S/C18H24N4O3S/c1-13-11-25-9-8-22(13)17-10-16(12-26(3,23)24)20-18(21-17)14-4-6-15(19-2)7-5-14/h4-7,10,13,19H,8-9,11-12H2,1-3H3. The van der Waals surface area contributed by atoms with Crippen LogP contribution in [0.15, 0.2) is 30.3 Å². The number of sulfone groups is 1. The van der Waals surface area contributed by atoms with E-state index < -0.39 is 9.84 Å². The Labute approximate surface area is 154 Å². The Kier molecular flexibility index (Phi) is 5.43. The molecule has 1 aliphatic heterocycles. The smallest absolute Gasteiger partial charge is 0.161 e. The normalized spacial score (nSPS) is 18.0. The average molecular weight is 376 g/mol. The molecule has 26 heavy (non-hydrogen) atoms. The van der Waals surface area contributed by atoms with Crippen LogP contribution in [0.25, 0.3) is 11.4 Å². The molecule has 1 aromatic heterocycles. The highest BCUT2D eigenvalue weighted by Crippen LogP contribution is 2.24. The van der Waals surface area contributed by atoms with Gasteiger partial charge in [0.1, 0.15) is 5.82 Å². The van der Waals surface area contributed by atoms with E-state index in [0.29, 0.717) is 31.3 Å². The van der Waals surface area contributed by atoms with Gasteiger partial charge >= 0.3 is 0 Å². The van der Waals surface area contributed by atoms with Gasteiger partial charge in [-0.05, 0) is 31.2 Å². The molecule has 0 aliphatic carbocycles. The number of hydrogen-bond acceptors (Lipinski definition) is 7. The van der Waals surface area contributed by atoms with Crippen LogP contribution in [-0.2, 0) is 20.3 Å². The number of rotatable bonds is 5. The largest absolute Gasteiger partial charge is 0.388 e. The quantitative estimate of drug-likeness (QED) is 0.854. The van der Waals surface area contributed by atoms with Gasteiger partial charge in [-0.25, -0.2) is 18.4 Å². The van der Waals surface area contributed by atoms with Crippen molar-refractivity contribution in [3.05, 3.63) is 36.0 Å². The van der Waals surface area contributed by atoms with E-state index in [9.17, 15) is 8.42 Å². The zero-order chi connectivity index (χ0) is 18.7. The fraction of sp³-hybridized carbons (Fsp3) is 0.444. The first-order valence-corrected chi connectivity index (χ1v) is 10.6. The fourth-order valence-corrected chi connectivity index (χ4v) is 3.64. The van der Waals surface area contributed by atoms with E-state index in [1.165, 1.54) is 6.26 Å². The van der Waals surface area contributed by atoms with Crippen molar-refractivity contribution in [2.45, 2.75) is 18.7 Å². The highest BCUT2D eigenvalue weighted by atomic mass is 32.2. The predicted octanol–water partition coefficient (Wildman–Crippen LogP) is 1.95. The molecule has 3 rings (SSSR count). The monoisotopic (exact) mass is 376 g/mol. The van der Waals surface area contributed by atoms with Gasteiger partial charge in [-0.3, -0.25) is 0 Å². The first-order valence-electron chi connectivity index (χ1n) is 8.54. The number of hydrogen-bond donors (Lipinski definition) is 1. The molecule has 0 bridgehead atoms. The molecule has 8 heteroatoms. The van der Waals surface area contributed by atoms with Gasteiger partial charge in [0.05, 0.1) is 30.7 Å². The van der Waals surface area contributed by atoms with Crippen LogP contribution in [0.4, 0.5) is 11.5 Å². The number of nitrogens with zero attached hydrogens (tertiary/aromatic N) is 3. The molecule has 7 nitrogen and oxygen atoms in total. The molecule has 0 radical (unpaired) electrons. The lowest BCUT2D eigenvalue weighted by Crippen LogP contribution is -2.44. The van der Waals surface area contributed by atoms with E-state index in [2.05, 4.69) is 22.1 Å². The number of nitrogens with one attached hydrogen (secondary N) is 1. The zero-order valence-electron chi connectivity index (χ0n) is 15.3. The lowest BCUT2D eigenvalue weighted by molar-refractivity contribution is 0.0985. The van der Waals surface area contributed by atoms with Gasteiger partial charge in [-0.1, -0.05) is 0 Å². The number of morpholine rings is 1. The number of aromatic nitrogens is 2. The van der Waals surface area contributed by atoms with Crippen molar-refractivity contribution in [2.24, 2.45) is 0 Å². The first-order chi connectivity index (χ1) is 12.4. The van der Waals surface area contributed by atoms with Crippen molar-refractivity contribution in [1.82, 2.24) is 9.97 Å². The Morgan fingerprint density at radius 1 is 1.27 bits per heavy atom. The van der Waals surface area contributed by atoms with Crippen LogP contribution in [0, 0.1) is 0 Å². The summed E-state index contributed by atoms with van der Waals surface area (Å²) in [5.41, 5.74) is 2.34. The molecule has 0 spiro atoms. The summed E-state index contributed by atoms with van der Waals surface area (Å²) >= 11 is 0. The van der Waals surface area contributed by atoms with Crippen LogP contribution in [0.5, 0.6) is 0 Å². The third-order valence-electron chi connectivity index (χ3n) is 4.27. The first kappa shape index (κ1) is 18.6. The summed E-state index contributed by atoms with van der Waals surface area (Å²) in [5.74, 6) is 1.16. The molecule has 1 unspecified atom stereocenters. The third-order valence-corrected chi connectivity index (χ3v) is 5.09. The van der Waals surface area contributed by atoms with Crippen molar-refractivity contribution < 1.29 is 13.2 Å². The zero-order valence-corrected chi connectivity index (χ0v) is 16.1. The fourth-order valence-electron chi connectivity index (χ4n) is 2.96. The molecule has 2 heterocycles. The summed E-state index contributed by atoms with van der Waals surface area (Å²) in [6, 6.07) is 9.69. The molecule has 0 saturated carbocycles. The van der Waals surface area contributed by atoms with Gasteiger partial charge in [0, 0.05) is 37.2 Å². The Morgan fingerprint density at radius 2 is 2.00 bits per heavy atom. The number of ether oxygens (including phenoxy) is 1. The van der Waals surface area contributed by atoms with Crippen LogP contribution in [0.3, 0.4) is 0 Å². The minimum Gasteiger partial charge on any atom is -0.388 e. The molecule has 2 aromatic rings. The second-order valence-electron chi connectivity index (χ2n) is 6.56. The Morgan fingerprint density at radius 3 is 2.62 bits per heavy atom. The van der Waals surface area contributed by atoms with Crippen LogP contribution in [-0.4, -0.2) is 57.5 Å². The molecular weight excluding hydrogens is 352 g/mol. The molecule has 0 amide bonds. The molecular formula is C18H24N4O3S. The molecule has 1 atom stereocenters. The number of anilines is 2. The van der Waals surface area contributed by atoms with E-state index in [1.54, 1.807) is 6.07 Å². The van der Waals surface area contributed by atoms with Crippen molar-refractivity contribution in [3.8, 4) is 11.4 Å². The van der Waals surface area contributed by atoms with Gasteiger partial charge in [-0.15, -0.1) is 0 Å². The highest BCUT2D eigenvalue weighted by molar-refractivity contribution is 7.89. The number of benzene rings is 1. The Bertz CT molecular complexity index is 869.